The summed E-state index contributed by atoms with van der Waals surface area (Å²) in [6.07, 6.45) is 1.96. The van der Waals surface area contributed by atoms with Gasteiger partial charge < -0.3 is 9.47 Å². The van der Waals surface area contributed by atoms with Crippen LogP contribution in [0, 0.1) is 13.8 Å². The molecule has 1 aliphatic rings. The van der Waals surface area contributed by atoms with Gasteiger partial charge in [-0.1, -0.05) is 29.8 Å². The van der Waals surface area contributed by atoms with Gasteiger partial charge in [0.05, 0.1) is 12.3 Å². The normalized spacial score (nSPS) is 13.4. The minimum absolute atomic E-state index is 0.350. The molecule has 1 N–H and O–H groups in total. The summed E-state index contributed by atoms with van der Waals surface area (Å²) in [5.41, 5.74) is 5.40. The Morgan fingerprint density at radius 2 is 2.00 bits per heavy atom. The standard InChI is InChI=1S/C21H25NO3/c1-4-24-21(23)22-19-7-5-6-17(16-9-10-16)18(19)13-25-20-11-8-14(2)12-15(20)3/h5-8,11-12,16H,4,9-10,13H2,1-3H3,(H,22,23). The van der Waals surface area contributed by atoms with Crippen LogP contribution in [0.4, 0.5) is 10.5 Å². The molecule has 1 fully saturated rings. The molecular formula is C21H25NO3. The lowest BCUT2D eigenvalue weighted by molar-refractivity contribution is 0.168. The van der Waals surface area contributed by atoms with Gasteiger partial charge in [-0.05, 0) is 62.8 Å². The molecule has 0 saturated heterocycles. The molecule has 132 valence electrons. The molecular weight excluding hydrogens is 314 g/mol. The van der Waals surface area contributed by atoms with Crippen LogP contribution in [-0.2, 0) is 11.3 Å². The summed E-state index contributed by atoms with van der Waals surface area (Å²) in [6.45, 7) is 6.69. The lowest BCUT2D eigenvalue weighted by atomic mass is 10.0. The first kappa shape index (κ1) is 17.3. The van der Waals surface area contributed by atoms with E-state index in [2.05, 4.69) is 24.4 Å². The lowest BCUT2D eigenvalue weighted by Gasteiger charge is -2.17. The topological polar surface area (TPSA) is 47.6 Å². The minimum atomic E-state index is -0.428. The predicted molar refractivity (Wildman–Crippen MR) is 99.3 cm³/mol. The van der Waals surface area contributed by atoms with Crippen LogP contribution in [0.3, 0.4) is 0 Å². The molecule has 0 aromatic heterocycles. The van der Waals surface area contributed by atoms with Crippen molar-refractivity contribution in [2.75, 3.05) is 11.9 Å². The third-order valence-corrected chi connectivity index (χ3v) is 4.44. The van der Waals surface area contributed by atoms with Crippen molar-refractivity contribution in [2.24, 2.45) is 0 Å². The maximum atomic E-state index is 11.9. The molecule has 0 heterocycles. The van der Waals surface area contributed by atoms with Crippen LogP contribution in [0.1, 0.15) is 47.9 Å². The number of rotatable bonds is 6. The average molecular weight is 339 g/mol. The van der Waals surface area contributed by atoms with Crippen molar-refractivity contribution in [3.05, 3.63) is 58.7 Å². The summed E-state index contributed by atoms with van der Waals surface area (Å²) in [5, 5.41) is 2.85. The molecule has 0 bridgehead atoms. The monoisotopic (exact) mass is 339 g/mol. The van der Waals surface area contributed by atoms with Crippen LogP contribution >= 0.6 is 0 Å². The van der Waals surface area contributed by atoms with Crippen molar-refractivity contribution in [3.63, 3.8) is 0 Å². The average Bonchev–Trinajstić information content (AvgIpc) is 3.40. The molecule has 2 aromatic carbocycles. The Labute approximate surface area is 149 Å². The van der Waals surface area contributed by atoms with Crippen molar-refractivity contribution in [1.82, 2.24) is 0 Å². The Morgan fingerprint density at radius 1 is 1.20 bits per heavy atom. The van der Waals surface area contributed by atoms with Gasteiger partial charge in [0.25, 0.3) is 0 Å². The second-order valence-corrected chi connectivity index (χ2v) is 6.55. The van der Waals surface area contributed by atoms with Gasteiger partial charge in [-0.15, -0.1) is 0 Å². The van der Waals surface area contributed by atoms with Gasteiger partial charge in [-0.3, -0.25) is 5.32 Å². The van der Waals surface area contributed by atoms with Gasteiger partial charge in [0, 0.05) is 5.56 Å². The molecule has 1 aliphatic carbocycles. The summed E-state index contributed by atoms with van der Waals surface area (Å²) in [7, 11) is 0. The van der Waals surface area contributed by atoms with E-state index in [0.717, 1.165) is 22.6 Å². The summed E-state index contributed by atoms with van der Waals surface area (Å²) >= 11 is 0. The van der Waals surface area contributed by atoms with Gasteiger partial charge in [0.15, 0.2) is 0 Å². The Hall–Kier alpha value is -2.49. The molecule has 0 spiro atoms. The fourth-order valence-corrected chi connectivity index (χ4v) is 3.05. The summed E-state index contributed by atoms with van der Waals surface area (Å²) in [5.74, 6) is 1.44. The highest BCUT2D eigenvalue weighted by Crippen LogP contribution is 2.43. The molecule has 1 saturated carbocycles. The van der Waals surface area contributed by atoms with E-state index < -0.39 is 6.09 Å². The highest BCUT2D eigenvalue weighted by Gasteiger charge is 2.27. The van der Waals surface area contributed by atoms with E-state index in [1.165, 1.54) is 24.0 Å². The van der Waals surface area contributed by atoms with Crippen molar-refractivity contribution in [2.45, 2.75) is 46.1 Å². The number of anilines is 1. The Bertz CT molecular complexity index is 766. The lowest BCUT2D eigenvalue weighted by Crippen LogP contribution is -2.16. The second-order valence-electron chi connectivity index (χ2n) is 6.55. The molecule has 4 heteroatoms. The molecule has 0 radical (unpaired) electrons. The van der Waals surface area contributed by atoms with E-state index in [0.29, 0.717) is 19.1 Å². The Balaban J connectivity index is 1.83. The van der Waals surface area contributed by atoms with E-state index in [4.69, 9.17) is 9.47 Å². The fourth-order valence-electron chi connectivity index (χ4n) is 3.05. The van der Waals surface area contributed by atoms with Crippen LogP contribution in [0.2, 0.25) is 0 Å². The smallest absolute Gasteiger partial charge is 0.411 e. The highest BCUT2D eigenvalue weighted by molar-refractivity contribution is 5.86. The predicted octanol–water partition coefficient (Wildman–Crippen LogP) is 5.33. The summed E-state index contributed by atoms with van der Waals surface area (Å²) in [6, 6.07) is 12.2. The number of nitrogens with one attached hydrogen (secondary N) is 1. The third-order valence-electron chi connectivity index (χ3n) is 4.44. The molecule has 0 aliphatic heterocycles. The van der Waals surface area contributed by atoms with E-state index in [9.17, 15) is 4.79 Å². The highest BCUT2D eigenvalue weighted by atomic mass is 16.5. The molecule has 4 nitrogen and oxygen atoms in total. The van der Waals surface area contributed by atoms with E-state index >= 15 is 0 Å². The van der Waals surface area contributed by atoms with Gasteiger partial charge in [0.2, 0.25) is 0 Å². The number of carbonyl (C=O) groups is 1. The Morgan fingerprint density at radius 3 is 2.68 bits per heavy atom. The second kappa shape index (κ2) is 7.60. The number of amides is 1. The number of hydrogen-bond acceptors (Lipinski definition) is 3. The SMILES string of the molecule is CCOC(=O)Nc1cccc(C2CC2)c1COc1ccc(C)cc1C. The number of benzene rings is 2. The number of hydrogen-bond donors (Lipinski definition) is 1. The number of ether oxygens (including phenoxy) is 2. The van der Waals surface area contributed by atoms with E-state index in [-0.39, 0.29) is 0 Å². The minimum Gasteiger partial charge on any atom is -0.489 e. The molecule has 25 heavy (non-hydrogen) atoms. The van der Waals surface area contributed by atoms with Crippen LogP contribution in [-0.4, -0.2) is 12.7 Å². The molecule has 0 unspecified atom stereocenters. The molecule has 3 rings (SSSR count). The van der Waals surface area contributed by atoms with Crippen LogP contribution < -0.4 is 10.1 Å². The van der Waals surface area contributed by atoms with Gasteiger partial charge in [-0.2, -0.15) is 0 Å². The summed E-state index contributed by atoms with van der Waals surface area (Å²) in [4.78, 5) is 11.9. The van der Waals surface area contributed by atoms with Crippen molar-refractivity contribution in [1.29, 1.82) is 0 Å². The molecule has 1 amide bonds. The molecule has 0 atom stereocenters. The molecule has 2 aromatic rings. The van der Waals surface area contributed by atoms with Crippen molar-refractivity contribution >= 4 is 11.8 Å². The number of aryl methyl sites for hydroxylation is 2. The maximum absolute atomic E-state index is 11.9. The van der Waals surface area contributed by atoms with Gasteiger partial charge in [-0.25, -0.2) is 4.79 Å². The Kier molecular flexibility index (Phi) is 5.27. The van der Waals surface area contributed by atoms with E-state index in [1.54, 1.807) is 6.92 Å². The quantitative estimate of drug-likeness (QED) is 0.774. The van der Waals surface area contributed by atoms with Crippen LogP contribution in [0.15, 0.2) is 36.4 Å². The summed E-state index contributed by atoms with van der Waals surface area (Å²) < 4.78 is 11.1. The van der Waals surface area contributed by atoms with E-state index in [1.807, 2.05) is 31.2 Å². The fraction of sp³-hybridized carbons (Fsp3) is 0.381. The van der Waals surface area contributed by atoms with Crippen LogP contribution in [0.25, 0.3) is 0 Å². The van der Waals surface area contributed by atoms with Gasteiger partial charge in [0.1, 0.15) is 12.4 Å². The van der Waals surface area contributed by atoms with Crippen molar-refractivity contribution in [3.8, 4) is 5.75 Å². The number of carbonyl (C=O) groups excluding carboxylic acids is 1. The van der Waals surface area contributed by atoms with Crippen molar-refractivity contribution < 1.29 is 14.3 Å². The largest absolute Gasteiger partial charge is 0.489 e. The zero-order valence-electron chi connectivity index (χ0n) is 15.1. The first-order valence-corrected chi connectivity index (χ1v) is 8.84. The first-order chi connectivity index (χ1) is 12.1. The zero-order valence-corrected chi connectivity index (χ0v) is 15.1. The zero-order chi connectivity index (χ0) is 17.8. The van der Waals surface area contributed by atoms with Crippen LogP contribution in [0.5, 0.6) is 5.75 Å². The maximum Gasteiger partial charge on any atom is 0.411 e. The third kappa shape index (κ3) is 4.32. The van der Waals surface area contributed by atoms with Gasteiger partial charge >= 0.3 is 6.09 Å². The first-order valence-electron chi connectivity index (χ1n) is 8.84.